The fourth-order valence-electron chi connectivity index (χ4n) is 1.96. The molecule has 0 spiro atoms. The van der Waals surface area contributed by atoms with Gasteiger partial charge in [-0.25, -0.2) is 4.79 Å². The third-order valence-electron chi connectivity index (χ3n) is 3.12. The first kappa shape index (κ1) is 15.4. The Hall–Kier alpha value is -3.01. The van der Waals surface area contributed by atoms with E-state index in [1.807, 2.05) is 30.3 Å². The van der Waals surface area contributed by atoms with Gasteiger partial charge < -0.3 is 15.3 Å². The van der Waals surface area contributed by atoms with Gasteiger partial charge in [0.2, 0.25) is 0 Å². The van der Waals surface area contributed by atoms with Crippen LogP contribution in [0.2, 0.25) is 0 Å². The van der Waals surface area contributed by atoms with E-state index in [-0.39, 0.29) is 23.5 Å². The molecule has 0 saturated carbocycles. The van der Waals surface area contributed by atoms with Crippen molar-refractivity contribution in [1.29, 1.82) is 0 Å². The van der Waals surface area contributed by atoms with Gasteiger partial charge in [-0.1, -0.05) is 42.5 Å². The lowest BCUT2D eigenvalue weighted by molar-refractivity contribution is -0.132. The van der Waals surface area contributed by atoms with Crippen LogP contribution in [0, 0.1) is 0 Å². The third kappa shape index (κ3) is 3.99. The van der Waals surface area contributed by atoms with Gasteiger partial charge in [-0.05, 0) is 29.8 Å². The van der Waals surface area contributed by atoms with E-state index in [1.54, 1.807) is 12.2 Å². The number of aliphatic carboxylic acids is 1. The quantitative estimate of drug-likeness (QED) is 0.578. The molecule has 0 aliphatic heterocycles. The highest BCUT2D eigenvalue weighted by atomic mass is 16.4. The molecule has 0 heterocycles. The van der Waals surface area contributed by atoms with Crippen LogP contribution in [0.4, 0.5) is 0 Å². The minimum Gasteiger partial charge on any atom is -0.508 e. The first-order valence-electron chi connectivity index (χ1n) is 6.74. The Kier molecular flexibility index (Phi) is 4.98. The van der Waals surface area contributed by atoms with E-state index in [0.29, 0.717) is 5.56 Å². The maximum Gasteiger partial charge on any atom is 0.335 e. The number of carboxylic acids is 1. The van der Waals surface area contributed by atoms with E-state index in [1.165, 1.54) is 24.3 Å². The first-order chi connectivity index (χ1) is 10.6. The molecule has 0 aliphatic carbocycles. The van der Waals surface area contributed by atoms with E-state index in [0.717, 1.165) is 5.56 Å². The molecule has 0 radical (unpaired) electrons. The molecule has 0 amide bonds. The number of hydrogen-bond donors (Lipinski definition) is 3. The normalized spacial score (nSPS) is 12.2. The lowest BCUT2D eigenvalue weighted by Crippen LogP contribution is -2.03. The Morgan fingerprint density at radius 3 is 2.18 bits per heavy atom. The Bertz CT molecular complexity index is 698. The molecule has 0 atom stereocenters. The van der Waals surface area contributed by atoms with Crippen LogP contribution in [0.3, 0.4) is 0 Å². The fraction of sp³-hybridized carbons (Fsp3) is 0.0556. The van der Waals surface area contributed by atoms with Gasteiger partial charge in [-0.15, -0.1) is 0 Å². The van der Waals surface area contributed by atoms with Crippen LogP contribution in [0.1, 0.15) is 17.5 Å². The highest BCUT2D eigenvalue weighted by Crippen LogP contribution is 2.21. The van der Waals surface area contributed by atoms with Crippen molar-refractivity contribution in [2.24, 2.45) is 0 Å². The highest BCUT2D eigenvalue weighted by Gasteiger charge is 2.14. The molecule has 0 bridgehead atoms. The number of allylic oxidation sites excluding steroid dienone is 1. The summed E-state index contributed by atoms with van der Waals surface area (Å²) in [6.07, 6.45) is 3.58. The molecule has 2 aromatic rings. The summed E-state index contributed by atoms with van der Waals surface area (Å²) in [7, 11) is 0. The number of rotatable bonds is 5. The summed E-state index contributed by atoms with van der Waals surface area (Å²) in [4.78, 5) is 11.3. The topological polar surface area (TPSA) is 77.8 Å². The van der Waals surface area contributed by atoms with Crippen molar-refractivity contribution in [3.05, 3.63) is 77.4 Å². The Morgan fingerprint density at radius 2 is 1.59 bits per heavy atom. The van der Waals surface area contributed by atoms with Crippen LogP contribution in [-0.4, -0.2) is 21.3 Å². The van der Waals surface area contributed by atoms with Crippen LogP contribution in [0.25, 0.3) is 11.8 Å². The number of aliphatic hydroxyl groups is 1. The van der Waals surface area contributed by atoms with Gasteiger partial charge in [0.05, 0.1) is 5.57 Å². The number of phenols is 1. The molecule has 0 fully saturated rings. The summed E-state index contributed by atoms with van der Waals surface area (Å²) in [6.45, 7) is 0. The van der Waals surface area contributed by atoms with Gasteiger partial charge in [0.25, 0.3) is 0 Å². The van der Waals surface area contributed by atoms with E-state index in [9.17, 15) is 20.1 Å². The fourth-order valence-corrected chi connectivity index (χ4v) is 1.96. The zero-order valence-electron chi connectivity index (χ0n) is 11.8. The number of phenolic OH excluding ortho intramolecular Hbond substituents is 1. The second-order valence-corrected chi connectivity index (χ2v) is 4.70. The maximum atomic E-state index is 11.3. The smallest absolute Gasteiger partial charge is 0.335 e. The standard InChI is InChI=1S/C18H16O4/c19-15-11-9-14(10-12-15)17(20)16(18(21)22)8-4-7-13-5-2-1-3-6-13/h1-7,9-12,19-20H,8H2,(H,21,22)/b7-4?,17-16-. The van der Waals surface area contributed by atoms with Crippen LogP contribution >= 0.6 is 0 Å². The Morgan fingerprint density at radius 1 is 0.955 bits per heavy atom. The van der Waals surface area contributed by atoms with Crippen molar-refractivity contribution in [3.8, 4) is 5.75 Å². The molecular formula is C18H16O4. The molecule has 2 rings (SSSR count). The van der Waals surface area contributed by atoms with Gasteiger partial charge in [0.15, 0.2) is 0 Å². The summed E-state index contributed by atoms with van der Waals surface area (Å²) in [5.41, 5.74) is 1.21. The summed E-state index contributed by atoms with van der Waals surface area (Å²) in [5, 5.41) is 28.6. The number of aromatic hydroxyl groups is 1. The van der Waals surface area contributed by atoms with Crippen molar-refractivity contribution in [2.75, 3.05) is 0 Å². The molecule has 2 aromatic carbocycles. The zero-order chi connectivity index (χ0) is 15.9. The van der Waals surface area contributed by atoms with Crippen molar-refractivity contribution in [1.82, 2.24) is 0 Å². The Labute approximate surface area is 128 Å². The molecule has 22 heavy (non-hydrogen) atoms. The lowest BCUT2D eigenvalue weighted by atomic mass is 10.0. The summed E-state index contributed by atoms with van der Waals surface area (Å²) >= 11 is 0. The van der Waals surface area contributed by atoms with Crippen molar-refractivity contribution in [3.63, 3.8) is 0 Å². The number of carbonyl (C=O) groups is 1. The zero-order valence-corrected chi connectivity index (χ0v) is 11.8. The van der Waals surface area contributed by atoms with E-state index < -0.39 is 5.97 Å². The van der Waals surface area contributed by atoms with E-state index >= 15 is 0 Å². The van der Waals surface area contributed by atoms with Gasteiger partial charge in [0, 0.05) is 12.0 Å². The SMILES string of the molecule is O=C(O)/C(CC=Cc1ccccc1)=C(\O)c1ccc(O)cc1. The van der Waals surface area contributed by atoms with Gasteiger partial charge in [0.1, 0.15) is 11.5 Å². The average Bonchev–Trinajstić information content (AvgIpc) is 2.52. The monoisotopic (exact) mass is 296 g/mol. The number of aliphatic hydroxyl groups excluding tert-OH is 1. The molecule has 0 saturated heterocycles. The summed E-state index contributed by atoms with van der Waals surface area (Å²) in [6, 6.07) is 15.2. The van der Waals surface area contributed by atoms with Gasteiger partial charge in [-0.3, -0.25) is 0 Å². The van der Waals surface area contributed by atoms with Crippen LogP contribution in [0.5, 0.6) is 5.75 Å². The maximum absolute atomic E-state index is 11.3. The lowest BCUT2D eigenvalue weighted by Gasteiger charge is -2.05. The predicted molar refractivity (Wildman–Crippen MR) is 85.4 cm³/mol. The van der Waals surface area contributed by atoms with E-state index in [2.05, 4.69) is 0 Å². The van der Waals surface area contributed by atoms with Crippen molar-refractivity contribution < 1.29 is 20.1 Å². The minimum atomic E-state index is -1.18. The third-order valence-corrected chi connectivity index (χ3v) is 3.12. The molecule has 0 aromatic heterocycles. The predicted octanol–water partition coefficient (Wildman–Crippen LogP) is 3.85. The Balaban J connectivity index is 2.22. The number of carboxylic acid groups (broad SMARTS) is 1. The van der Waals surface area contributed by atoms with Gasteiger partial charge >= 0.3 is 5.97 Å². The minimum absolute atomic E-state index is 0.0531. The molecule has 112 valence electrons. The second kappa shape index (κ2) is 7.13. The largest absolute Gasteiger partial charge is 0.508 e. The molecule has 3 N–H and O–H groups in total. The average molecular weight is 296 g/mol. The van der Waals surface area contributed by atoms with Crippen molar-refractivity contribution >= 4 is 17.8 Å². The second-order valence-electron chi connectivity index (χ2n) is 4.70. The molecule has 0 unspecified atom stereocenters. The number of benzene rings is 2. The first-order valence-corrected chi connectivity index (χ1v) is 6.74. The summed E-state index contributed by atoms with van der Waals surface area (Å²) in [5.74, 6) is -1.43. The van der Waals surface area contributed by atoms with Crippen LogP contribution in [0.15, 0.2) is 66.2 Å². The van der Waals surface area contributed by atoms with Crippen LogP contribution in [-0.2, 0) is 4.79 Å². The van der Waals surface area contributed by atoms with Crippen LogP contribution < -0.4 is 0 Å². The number of hydrogen-bond acceptors (Lipinski definition) is 3. The summed E-state index contributed by atoms with van der Waals surface area (Å²) < 4.78 is 0. The van der Waals surface area contributed by atoms with Gasteiger partial charge in [-0.2, -0.15) is 0 Å². The van der Waals surface area contributed by atoms with Crippen molar-refractivity contribution in [2.45, 2.75) is 6.42 Å². The molecule has 0 aliphatic rings. The highest BCUT2D eigenvalue weighted by molar-refractivity contribution is 5.95. The molecule has 4 nitrogen and oxygen atoms in total. The molecule has 4 heteroatoms. The molecular weight excluding hydrogens is 280 g/mol. The van der Waals surface area contributed by atoms with E-state index in [4.69, 9.17) is 0 Å².